The highest BCUT2D eigenvalue weighted by Crippen LogP contribution is 2.40. The highest BCUT2D eigenvalue weighted by molar-refractivity contribution is 6.64. The quantitative estimate of drug-likeness (QED) is 0.665. The zero-order chi connectivity index (χ0) is 11.4. The minimum absolute atomic E-state index is 0.0428. The molecular formula is C14H23ClO. The molecule has 0 spiro atoms. The van der Waals surface area contributed by atoms with Crippen molar-refractivity contribution in [2.75, 3.05) is 0 Å². The monoisotopic (exact) mass is 242 g/mol. The lowest BCUT2D eigenvalue weighted by molar-refractivity contribution is -0.119. The summed E-state index contributed by atoms with van der Waals surface area (Å²) >= 11 is 5.87. The van der Waals surface area contributed by atoms with Gasteiger partial charge < -0.3 is 0 Å². The zero-order valence-electron chi connectivity index (χ0n) is 10.1. The van der Waals surface area contributed by atoms with Crippen molar-refractivity contribution >= 4 is 16.8 Å². The Morgan fingerprint density at radius 2 is 1.19 bits per heavy atom. The first-order chi connectivity index (χ1) is 7.79. The van der Waals surface area contributed by atoms with Crippen molar-refractivity contribution < 1.29 is 4.79 Å². The van der Waals surface area contributed by atoms with Crippen LogP contribution < -0.4 is 0 Å². The molecule has 0 unspecified atom stereocenters. The van der Waals surface area contributed by atoms with Crippen molar-refractivity contribution in [1.29, 1.82) is 0 Å². The fraction of sp³-hybridized carbons (Fsp3) is 0.929. The number of hydrogen-bond acceptors (Lipinski definition) is 1. The molecule has 0 aromatic carbocycles. The molecule has 2 saturated carbocycles. The van der Waals surface area contributed by atoms with Crippen molar-refractivity contribution in [1.82, 2.24) is 0 Å². The molecular weight excluding hydrogens is 220 g/mol. The number of carbonyl (C=O) groups excluding carboxylic acids is 1. The van der Waals surface area contributed by atoms with E-state index < -0.39 is 0 Å². The van der Waals surface area contributed by atoms with Crippen LogP contribution in [0.3, 0.4) is 0 Å². The Kier molecular flexibility index (Phi) is 4.69. The van der Waals surface area contributed by atoms with Gasteiger partial charge in [-0.1, -0.05) is 38.5 Å². The number of halogens is 1. The minimum atomic E-state index is -0.0428. The summed E-state index contributed by atoms with van der Waals surface area (Å²) in [5, 5.41) is -0.0428. The van der Waals surface area contributed by atoms with E-state index in [4.69, 9.17) is 11.6 Å². The molecule has 2 fully saturated rings. The number of rotatable bonds is 3. The van der Waals surface area contributed by atoms with Crippen LogP contribution in [0.15, 0.2) is 0 Å². The predicted molar refractivity (Wildman–Crippen MR) is 67.5 cm³/mol. The van der Waals surface area contributed by atoms with Gasteiger partial charge in [0.05, 0.1) is 0 Å². The van der Waals surface area contributed by atoms with E-state index >= 15 is 0 Å². The summed E-state index contributed by atoms with van der Waals surface area (Å²) in [6.07, 6.45) is 12.9. The third-order valence-corrected chi connectivity index (χ3v) is 4.83. The van der Waals surface area contributed by atoms with E-state index in [9.17, 15) is 4.79 Å². The van der Waals surface area contributed by atoms with Gasteiger partial charge in [-0.25, -0.2) is 0 Å². The average Bonchev–Trinajstić information content (AvgIpc) is 2.31. The van der Waals surface area contributed by atoms with Crippen LogP contribution in [0.5, 0.6) is 0 Å². The molecule has 0 N–H and O–H groups in total. The van der Waals surface area contributed by atoms with E-state index in [-0.39, 0.29) is 11.2 Å². The molecule has 0 saturated heterocycles. The van der Waals surface area contributed by atoms with Gasteiger partial charge in [0, 0.05) is 5.92 Å². The number of carbonyl (C=O) groups is 1. The third-order valence-electron chi connectivity index (χ3n) is 4.58. The normalized spacial score (nSPS) is 24.9. The summed E-state index contributed by atoms with van der Waals surface area (Å²) in [7, 11) is 0. The molecule has 2 aliphatic carbocycles. The molecule has 1 nitrogen and oxygen atoms in total. The summed E-state index contributed by atoms with van der Waals surface area (Å²) in [6.45, 7) is 0. The summed E-state index contributed by atoms with van der Waals surface area (Å²) < 4.78 is 0. The molecule has 2 rings (SSSR count). The molecule has 0 atom stereocenters. The van der Waals surface area contributed by atoms with Gasteiger partial charge in [-0.3, -0.25) is 4.79 Å². The predicted octanol–water partition coefficient (Wildman–Crippen LogP) is 4.53. The highest BCUT2D eigenvalue weighted by Gasteiger charge is 2.35. The van der Waals surface area contributed by atoms with Crippen LogP contribution in [0.1, 0.15) is 64.2 Å². The van der Waals surface area contributed by atoms with E-state index in [1.54, 1.807) is 0 Å². The SMILES string of the molecule is O=C(Cl)C(C1CCCCC1)C1CCCCC1. The lowest BCUT2D eigenvalue weighted by atomic mass is 9.70. The van der Waals surface area contributed by atoms with Crippen LogP contribution in [0, 0.1) is 17.8 Å². The van der Waals surface area contributed by atoms with Crippen LogP contribution in [0.25, 0.3) is 0 Å². The van der Waals surface area contributed by atoms with Crippen LogP contribution in [0.4, 0.5) is 0 Å². The molecule has 0 bridgehead atoms. The maximum atomic E-state index is 11.7. The Morgan fingerprint density at radius 3 is 1.50 bits per heavy atom. The van der Waals surface area contributed by atoms with Crippen LogP contribution in [0.2, 0.25) is 0 Å². The third kappa shape index (κ3) is 3.00. The van der Waals surface area contributed by atoms with Gasteiger partial charge in [-0.05, 0) is 49.1 Å². The second-order valence-electron chi connectivity index (χ2n) is 5.63. The molecule has 0 aromatic heterocycles. The van der Waals surface area contributed by atoms with Gasteiger partial charge in [0.1, 0.15) is 0 Å². The standard InChI is InChI=1S/C14H23ClO/c15-14(16)13(11-7-3-1-4-8-11)12-9-5-2-6-10-12/h11-13H,1-10H2. The first-order valence-corrected chi connectivity index (χ1v) is 7.36. The second kappa shape index (κ2) is 6.05. The van der Waals surface area contributed by atoms with E-state index in [2.05, 4.69) is 0 Å². The fourth-order valence-electron chi connectivity index (χ4n) is 3.74. The van der Waals surface area contributed by atoms with Gasteiger partial charge in [0.25, 0.3) is 0 Å². The second-order valence-corrected chi connectivity index (χ2v) is 6.00. The summed E-state index contributed by atoms with van der Waals surface area (Å²) in [4.78, 5) is 11.7. The topological polar surface area (TPSA) is 17.1 Å². The van der Waals surface area contributed by atoms with Crippen LogP contribution in [-0.2, 0) is 4.79 Å². The molecule has 2 heteroatoms. The fourth-order valence-corrected chi connectivity index (χ4v) is 4.10. The van der Waals surface area contributed by atoms with Gasteiger partial charge >= 0.3 is 0 Å². The van der Waals surface area contributed by atoms with E-state index in [0.717, 1.165) is 0 Å². The van der Waals surface area contributed by atoms with Crippen molar-refractivity contribution in [2.24, 2.45) is 17.8 Å². The minimum Gasteiger partial charge on any atom is -0.281 e. The highest BCUT2D eigenvalue weighted by atomic mass is 35.5. The largest absolute Gasteiger partial charge is 0.281 e. The van der Waals surface area contributed by atoms with Crippen molar-refractivity contribution in [2.45, 2.75) is 64.2 Å². The van der Waals surface area contributed by atoms with Crippen molar-refractivity contribution in [3.63, 3.8) is 0 Å². The maximum absolute atomic E-state index is 11.7. The Balaban J connectivity index is 1.99. The van der Waals surface area contributed by atoms with E-state index in [1.165, 1.54) is 64.2 Å². The van der Waals surface area contributed by atoms with Gasteiger partial charge in [0.2, 0.25) is 5.24 Å². The summed E-state index contributed by atoms with van der Waals surface area (Å²) in [5.41, 5.74) is 0. The first kappa shape index (κ1) is 12.4. The zero-order valence-corrected chi connectivity index (χ0v) is 10.8. The van der Waals surface area contributed by atoms with Crippen LogP contribution >= 0.6 is 11.6 Å². The molecule has 0 aliphatic heterocycles. The molecule has 0 radical (unpaired) electrons. The Hall–Kier alpha value is -0.0400. The van der Waals surface area contributed by atoms with Gasteiger partial charge in [0.15, 0.2) is 0 Å². The van der Waals surface area contributed by atoms with Gasteiger partial charge in [-0.15, -0.1) is 0 Å². The molecule has 2 aliphatic rings. The molecule has 0 aromatic rings. The molecule has 92 valence electrons. The number of hydrogen-bond donors (Lipinski definition) is 0. The van der Waals surface area contributed by atoms with Crippen molar-refractivity contribution in [3.05, 3.63) is 0 Å². The Morgan fingerprint density at radius 1 is 0.812 bits per heavy atom. The molecule has 0 amide bonds. The Labute approximate surface area is 104 Å². The molecule has 0 heterocycles. The van der Waals surface area contributed by atoms with Gasteiger partial charge in [-0.2, -0.15) is 0 Å². The summed E-state index contributed by atoms with van der Waals surface area (Å²) in [5.74, 6) is 1.38. The van der Waals surface area contributed by atoms with E-state index in [0.29, 0.717) is 11.8 Å². The Bertz CT molecular complexity index is 209. The summed E-state index contributed by atoms with van der Waals surface area (Å²) in [6, 6.07) is 0. The lowest BCUT2D eigenvalue weighted by Crippen LogP contribution is -2.31. The van der Waals surface area contributed by atoms with Crippen molar-refractivity contribution in [3.8, 4) is 0 Å². The average molecular weight is 243 g/mol. The molecule has 16 heavy (non-hydrogen) atoms. The lowest BCUT2D eigenvalue weighted by Gasteiger charge is -2.35. The first-order valence-electron chi connectivity index (χ1n) is 6.98. The maximum Gasteiger partial charge on any atom is 0.225 e. The smallest absolute Gasteiger partial charge is 0.225 e. The van der Waals surface area contributed by atoms with E-state index in [1.807, 2.05) is 0 Å². The van der Waals surface area contributed by atoms with Crippen LogP contribution in [-0.4, -0.2) is 5.24 Å².